The van der Waals surface area contributed by atoms with Gasteiger partial charge in [-0.15, -0.1) is 0 Å². The molecular formula is C11H24BN3O4. The summed E-state index contributed by atoms with van der Waals surface area (Å²) in [4.78, 5) is 11.2. The van der Waals surface area contributed by atoms with E-state index in [2.05, 4.69) is 10.6 Å². The number of rotatable bonds is 9. The molecule has 1 rings (SSSR count). The Morgan fingerprint density at radius 1 is 1.47 bits per heavy atom. The van der Waals surface area contributed by atoms with Gasteiger partial charge in [0.15, 0.2) is 0 Å². The molecule has 7 N–H and O–H groups in total. The predicted octanol–water partition coefficient (Wildman–Crippen LogP) is -1.92. The first kappa shape index (κ1) is 16.4. The minimum Gasteiger partial charge on any atom is -0.480 e. The Bertz CT molecular complexity index is 281. The second-order valence-corrected chi connectivity index (χ2v) is 5.05. The summed E-state index contributed by atoms with van der Waals surface area (Å²) in [5.74, 6) is -0.583. The molecule has 1 aliphatic rings. The van der Waals surface area contributed by atoms with E-state index in [1.165, 1.54) is 0 Å². The third-order valence-corrected chi connectivity index (χ3v) is 3.63. The van der Waals surface area contributed by atoms with Crippen LogP contribution in [0, 0.1) is 11.8 Å². The van der Waals surface area contributed by atoms with Crippen molar-refractivity contribution in [3.8, 4) is 0 Å². The van der Waals surface area contributed by atoms with Crippen molar-refractivity contribution in [3.05, 3.63) is 0 Å². The molecular weight excluding hydrogens is 249 g/mol. The van der Waals surface area contributed by atoms with Crippen molar-refractivity contribution >= 4 is 13.1 Å². The van der Waals surface area contributed by atoms with Crippen LogP contribution >= 0.6 is 0 Å². The second-order valence-electron chi connectivity index (χ2n) is 5.05. The van der Waals surface area contributed by atoms with Gasteiger partial charge in [-0.25, -0.2) is 0 Å². The van der Waals surface area contributed by atoms with Gasteiger partial charge >= 0.3 is 13.1 Å². The van der Waals surface area contributed by atoms with E-state index in [0.29, 0.717) is 25.9 Å². The summed E-state index contributed by atoms with van der Waals surface area (Å²) in [6.45, 7) is 2.68. The molecule has 0 amide bonds. The van der Waals surface area contributed by atoms with Crippen molar-refractivity contribution in [1.29, 1.82) is 0 Å². The Kier molecular flexibility index (Phi) is 7.33. The number of hydrogen-bond acceptors (Lipinski definition) is 6. The fraction of sp³-hybridized carbons (Fsp3) is 0.909. The summed E-state index contributed by atoms with van der Waals surface area (Å²) in [5, 5.41) is 33.1. The quantitative estimate of drug-likeness (QED) is 0.213. The lowest BCUT2D eigenvalue weighted by molar-refractivity contribution is -0.140. The molecule has 1 heterocycles. The summed E-state index contributed by atoms with van der Waals surface area (Å²) < 4.78 is 0. The maximum Gasteiger partial charge on any atom is 0.451 e. The molecule has 0 radical (unpaired) electrons. The van der Waals surface area contributed by atoms with Gasteiger partial charge in [-0.3, -0.25) is 4.79 Å². The van der Waals surface area contributed by atoms with E-state index in [-0.39, 0.29) is 18.2 Å². The molecule has 3 atom stereocenters. The molecule has 0 saturated carbocycles. The van der Waals surface area contributed by atoms with Crippen LogP contribution in [0.15, 0.2) is 0 Å². The molecule has 1 aliphatic heterocycles. The Hall–Kier alpha value is -0.665. The molecule has 0 aromatic rings. The van der Waals surface area contributed by atoms with Gasteiger partial charge in [-0.1, -0.05) is 6.42 Å². The van der Waals surface area contributed by atoms with Gasteiger partial charge in [0.05, 0.1) is 0 Å². The highest BCUT2D eigenvalue weighted by Crippen LogP contribution is 2.27. The van der Waals surface area contributed by atoms with E-state index in [1.807, 2.05) is 0 Å². The average Bonchev–Trinajstić information content (AvgIpc) is 2.73. The highest BCUT2D eigenvalue weighted by Gasteiger charge is 2.39. The summed E-state index contributed by atoms with van der Waals surface area (Å²) in [7, 11) is -1.31. The van der Waals surface area contributed by atoms with E-state index in [4.69, 9.17) is 15.8 Å². The number of nitrogens with two attached hydrogens (primary N) is 1. The van der Waals surface area contributed by atoms with Crippen molar-refractivity contribution in [2.45, 2.75) is 25.2 Å². The minimum absolute atomic E-state index is 0.0153. The van der Waals surface area contributed by atoms with Crippen LogP contribution in [0.3, 0.4) is 0 Å². The van der Waals surface area contributed by atoms with Crippen molar-refractivity contribution in [2.75, 3.05) is 26.2 Å². The maximum absolute atomic E-state index is 11.2. The van der Waals surface area contributed by atoms with Crippen molar-refractivity contribution in [2.24, 2.45) is 17.6 Å². The SMILES string of the molecule is NCCNC[C@H]1CN[C@H](C(=O)O)[C@@H]1CCCB(O)O. The molecule has 0 bridgehead atoms. The van der Waals surface area contributed by atoms with Gasteiger partial charge in [0.1, 0.15) is 6.04 Å². The third-order valence-electron chi connectivity index (χ3n) is 3.63. The lowest BCUT2D eigenvalue weighted by atomic mass is 9.79. The first-order chi connectivity index (χ1) is 9.06. The Labute approximate surface area is 113 Å². The highest BCUT2D eigenvalue weighted by atomic mass is 16.4. The van der Waals surface area contributed by atoms with Crippen LogP contribution in [0.25, 0.3) is 0 Å². The van der Waals surface area contributed by atoms with Crippen LogP contribution in [-0.4, -0.2) is 60.5 Å². The molecule has 0 spiro atoms. The lowest BCUT2D eigenvalue weighted by Crippen LogP contribution is -2.37. The standard InChI is InChI=1S/C11H24BN3O4/c13-4-5-14-6-8-7-15-10(11(16)17)9(8)2-1-3-12(18)19/h8-10,14-15,18-19H,1-7,13H2,(H,16,17)/t8-,9+,10-/m0/s1. The van der Waals surface area contributed by atoms with Gasteiger partial charge in [0.25, 0.3) is 0 Å². The minimum atomic E-state index is -1.31. The van der Waals surface area contributed by atoms with E-state index in [1.54, 1.807) is 0 Å². The molecule has 0 aliphatic carbocycles. The number of carbonyl (C=O) groups is 1. The van der Waals surface area contributed by atoms with E-state index >= 15 is 0 Å². The van der Waals surface area contributed by atoms with E-state index in [0.717, 1.165) is 13.1 Å². The fourth-order valence-electron chi connectivity index (χ4n) is 2.68. The first-order valence-electron chi connectivity index (χ1n) is 6.79. The lowest BCUT2D eigenvalue weighted by Gasteiger charge is -2.22. The Balaban J connectivity index is 2.46. The molecule has 1 saturated heterocycles. The molecule has 110 valence electrons. The summed E-state index contributed by atoms with van der Waals surface area (Å²) in [6.07, 6.45) is 1.57. The highest BCUT2D eigenvalue weighted by molar-refractivity contribution is 6.40. The van der Waals surface area contributed by atoms with Gasteiger partial charge in [0.2, 0.25) is 0 Å². The van der Waals surface area contributed by atoms with Crippen molar-refractivity contribution in [1.82, 2.24) is 10.6 Å². The van der Waals surface area contributed by atoms with Crippen LogP contribution in [-0.2, 0) is 4.79 Å². The molecule has 1 fully saturated rings. The maximum atomic E-state index is 11.2. The van der Waals surface area contributed by atoms with Crippen molar-refractivity contribution in [3.63, 3.8) is 0 Å². The fourth-order valence-corrected chi connectivity index (χ4v) is 2.68. The monoisotopic (exact) mass is 273 g/mol. The number of carboxylic acid groups (broad SMARTS) is 1. The molecule has 7 nitrogen and oxygen atoms in total. The van der Waals surface area contributed by atoms with Crippen molar-refractivity contribution < 1.29 is 19.9 Å². The van der Waals surface area contributed by atoms with Crippen LogP contribution in [0.4, 0.5) is 0 Å². The zero-order chi connectivity index (χ0) is 14.3. The molecule has 0 unspecified atom stereocenters. The number of aliphatic carboxylic acids is 1. The smallest absolute Gasteiger partial charge is 0.451 e. The topological polar surface area (TPSA) is 128 Å². The van der Waals surface area contributed by atoms with E-state index < -0.39 is 19.1 Å². The predicted molar refractivity (Wildman–Crippen MR) is 72.6 cm³/mol. The summed E-state index contributed by atoms with van der Waals surface area (Å²) >= 11 is 0. The Morgan fingerprint density at radius 3 is 2.79 bits per heavy atom. The van der Waals surface area contributed by atoms with Crippen LogP contribution < -0.4 is 16.4 Å². The van der Waals surface area contributed by atoms with Gasteiger partial charge < -0.3 is 31.5 Å². The van der Waals surface area contributed by atoms with Crippen LogP contribution in [0.1, 0.15) is 12.8 Å². The number of nitrogens with one attached hydrogen (secondary N) is 2. The van der Waals surface area contributed by atoms with E-state index in [9.17, 15) is 9.90 Å². The molecule has 0 aromatic carbocycles. The Morgan fingerprint density at radius 2 is 2.21 bits per heavy atom. The number of hydrogen-bond donors (Lipinski definition) is 6. The number of carboxylic acids is 1. The van der Waals surface area contributed by atoms with Gasteiger partial charge in [-0.05, 0) is 31.1 Å². The zero-order valence-electron chi connectivity index (χ0n) is 11.1. The van der Waals surface area contributed by atoms with Gasteiger partial charge in [0, 0.05) is 19.6 Å². The zero-order valence-corrected chi connectivity index (χ0v) is 11.1. The molecule has 8 heteroatoms. The van der Waals surface area contributed by atoms with Crippen LogP contribution in [0.5, 0.6) is 0 Å². The molecule has 19 heavy (non-hydrogen) atoms. The third kappa shape index (κ3) is 5.46. The summed E-state index contributed by atoms with van der Waals surface area (Å²) in [5.41, 5.74) is 5.41. The largest absolute Gasteiger partial charge is 0.480 e. The summed E-state index contributed by atoms with van der Waals surface area (Å²) in [6, 6.07) is -0.541. The first-order valence-corrected chi connectivity index (χ1v) is 6.79. The average molecular weight is 273 g/mol. The normalized spacial score (nSPS) is 26.6. The second kappa shape index (κ2) is 8.49. The van der Waals surface area contributed by atoms with Gasteiger partial charge in [-0.2, -0.15) is 0 Å². The van der Waals surface area contributed by atoms with Crippen LogP contribution in [0.2, 0.25) is 6.32 Å². The molecule has 0 aromatic heterocycles.